The second kappa shape index (κ2) is 8.25. The highest BCUT2D eigenvalue weighted by Crippen LogP contribution is 2.36. The summed E-state index contributed by atoms with van der Waals surface area (Å²) in [5.74, 6) is 0.157. The van der Waals surface area contributed by atoms with E-state index in [9.17, 15) is 14.9 Å². The Morgan fingerprint density at radius 3 is 2.83 bits per heavy atom. The number of nitro groups is 1. The van der Waals surface area contributed by atoms with Crippen LogP contribution in [0.5, 0.6) is 0 Å². The first-order chi connectivity index (χ1) is 14.1. The number of nitrogens with zero attached hydrogens (tertiary/aromatic N) is 3. The highest BCUT2D eigenvalue weighted by atomic mass is 32.2. The Kier molecular flexibility index (Phi) is 5.36. The highest BCUT2D eigenvalue weighted by Gasteiger charge is 2.12. The zero-order chi connectivity index (χ0) is 20.2. The summed E-state index contributed by atoms with van der Waals surface area (Å²) in [7, 11) is 0. The van der Waals surface area contributed by atoms with Crippen LogP contribution >= 0.6 is 23.1 Å². The number of hydrazone groups is 1. The van der Waals surface area contributed by atoms with E-state index in [1.165, 1.54) is 41.4 Å². The van der Waals surface area contributed by atoms with E-state index in [0.717, 1.165) is 4.70 Å². The van der Waals surface area contributed by atoms with E-state index in [1.54, 1.807) is 42.5 Å². The number of nitrogens with one attached hydrogen (secondary N) is 1. The molecule has 0 radical (unpaired) electrons. The maximum Gasteiger partial charge on any atom is 0.271 e. The van der Waals surface area contributed by atoms with Gasteiger partial charge in [0.1, 0.15) is 5.76 Å². The number of amides is 1. The number of hydrogen-bond acceptors (Lipinski definition) is 8. The summed E-state index contributed by atoms with van der Waals surface area (Å²) in [5.41, 5.74) is 3.68. The summed E-state index contributed by atoms with van der Waals surface area (Å²) in [5, 5.41) is 15.4. The first-order valence-electron chi connectivity index (χ1n) is 8.29. The van der Waals surface area contributed by atoms with E-state index >= 15 is 0 Å². The molecule has 2 heterocycles. The van der Waals surface area contributed by atoms with Crippen molar-refractivity contribution in [1.82, 2.24) is 10.4 Å². The summed E-state index contributed by atoms with van der Waals surface area (Å²) in [4.78, 5) is 26.8. The van der Waals surface area contributed by atoms with Crippen molar-refractivity contribution in [3.05, 3.63) is 82.1 Å². The molecule has 0 unspecified atom stereocenters. The van der Waals surface area contributed by atoms with Gasteiger partial charge >= 0.3 is 0 Å². The Balaban J connectivity index is 1.41. The van der Waals surface area contributed by atoms with Gasteiger partial charge in [0.25, 0.3) is 11.6 Å². The van der Waals surface area contributed by atoms with Crippen LogP contribution in [0, 0.1) is 10.1 Å². The van der Waals surface area contributed by atoms with Gasteiger partial charge in [0.05, 0.1) is 21.4 Å². The molecule has 8 nitrogen and oxygen atoms in total. The molecule has 0 aliphatic heterocycles. The van der Waals surface area contributed by atoms with E-state index in [-0.39, 0.29) is 11.6 Å². The van der Waals surface area contributed by atoms with Crippen LogP contribution in [-0.4, -0.2) is 22.0 Å². The van der Waals surface area contributed by atoms with Crippen molar-refractivity contribution in [3.8, 4) is 0 Å². The zero-order valence-corrected chi connectivity index (χ0v) is 16.3. The van der Waals surface area contributed by atoms with Crippen LogP contribution in [0.2, 0.25) is 0 Å². The normalized spacial score (nSPS) is 11.2. The van der Waals surface area contributed by atoms with Crippen molar-refractivity contribution < 1.29 is 14.1 Å². The number of thiazole rings is 1. The lowest BCUT2D eigenvalue weighted by Crippen LogP contribution is -2.17. The summed E-state index contributed by atoms with van der Waals surface area (Å²) in [6.07, 6.45) is 1.41. The fourth-order valence-corrected chi connectivity index (χ4v) is 4.41. The number of aromatic nitrogens is 1. The molecule has 4 aromatic rings. The molecule has 1 amide bonds. The van der Waals surface area contributed by atoms with Gasteiger partial charge in [0.2, 0.25) is 0 Å². The number of rotatable bonds is 6. The Morgan fingerprint density at radius 1 is 1.21 bits per heavy atom. The topological polar surface area (TPSA) is 111 Å². The molecule has 0 aliphatic rings. The van der Waals surface area contributed by atoms with Crippen LogP contribution in [0.4, 0.5) is 5.69 Å². The standard InChI is InChI=1S/C19H12N4O4S2/c24-18(12-4-2-1-3-5-12)22-20-11-14-7-9-17(27-14)29-19-21-15-8-6-13(23(25)26)10-16(15)28-19/h1-11H,(H,22,24)/b20-11-. The van der Waals surface area contributed by atoms with Crippen molar-refractivity contribution in [2.75, 3.05) is 0 Å². The quantitative estimate of drug-likeness (QED) is 0.273. The molecule has 29 heavy (non-hydrogen) atoms. The van der Waals surface area contributed by atoms with Gasteiger partial charge < -0.3 is 4.42 Å². The second-order valence-corrected chi connectivity index (χ2v) is 8.00. The third-order valence-corrected chi connectivity index (χ3v) is 5.75. The summed E-state index contributed by atoms with van der Waals surface area (Å²) in [6.45, 7) is 0. The molecular weight excluding hydrogens is 412 g/mol. The van der Waals surface area contributed by atoms with Crippen molar-refractivity contribution >= 4 is 51.1 Å². The van der Waals surface area contributed by atoms with Crippen molar-refractivity contribution in [2.45, 2.75) is 9.43 Å². The summed E-state index contributed by atoms with van der Waals surface area (Å²) < 4.78 is 7.09. The maximum atomic E-state index is 11.9. The first-order valence-corrected chi connectivity index (χ1v) is 9.93. The number of benzene rings is 2. The molecule has 0 saturated heterocycles. The number of furan rings is 1. The number of carbonyl (C=O) groups is 1. The van der Waals surface area contributed by atoms with Crippen LogP contribution in [-0.2, 0) is 0 Å². The Hall–Kier alpha value is -3.50. The fraction of sp³-hybridized carbons (Fsp3) is 0. The number of hydrogen-bond donors (Lipinski definition) is 1. The fourth-order valence-electron chi connectivity index (χ4n) is 2.40. The molecule has 4 rings (SSSR count). The largest absolute Gasteiger partial charge is 0.448 e. The van der Waals surface area contributed by atoms with E-state index in [4.69, 9.17) is 4.42 Å². The molecular formula is C19H12N4O4S2. The molecule has 2 aromatic carbocycles. The molecule has 0 spiro atoms. The predicted molar refractivity (Wildman–Crippen MR) is 111 cm³/mol. The number of fused-ring (bicyclic) bond motifs is 1. The molecule has 1 N–H and O–H groups in total. The van der Waals surface area contributed by atoms with Gasteiger partial charge in [0.15, 0.2) is 9.43 Å². The minimum Gasteiger partial charge on any atom is -0.448 e. The maximum absolute atomic E-state index is 11.9. The number of carbonyl (C=O) groups excluding carboxylic acids is 1. The van der Waals surface area contributed by atoms with Gasteiger partial charge in [-0.05, 0) is 42.1 Å². The molecule has 0 aliphatic carbocycles. The van der Waals surface area contributed by atoms with E-state index < -0.39 is 4.92 Å². The monoisotopic (exact) mass is 424 g/mol. The Bertz CT molecular complexity index is 1220. The average molecular weight is 424 g/mol. The Morgan fingerprint density at radius 2 is 2.03 bits per heavy atom. The lowest BCUT2D eigenvalue weighted by molar-refractivity contribution is -0.384. The predicted octanol–water partition coefficient (Wildman–Crippen LogP) is 4.71. The summed E-state index contributed by atoms with van der Waals surface area (Å²) >= 11 is 2.66. The molecule has 0 bridgehead atoms. The smallest absolute Gasteiger partial charge is 0.271 e. The van der Waals surface area contributed by atoms with Gasteiger partial charge in [-0.2, -0.15) is 5.10 Å². The molecule has 2 aromatic heterocycles. The van der Waals surface area contributed by atoms with Crippen LogP contribution in [0.3, 0.4) is 0 Å². The van der Waals surface area contributed by atoms with Crippen molar-refractivity contribution in [2.24, 2.45) is 5.10 Å². The first kappa shape index (κ1) is 18.8. The van der Waals surface area contributed by atoms with E-state index in [0.29, 0.717) is 26.3 Å². The zero-order valence-electron chi connectivity index (χ0n) is 14.6. The molecule has 0 fully saturated rings. The van der Waals surface area contributed by atoms with Crippen molar-refractivity contribution in [3.63, 3.8) is 0 Å². The van der Waals surface area contributed by atoms with Crippen LogP contribution in [0.25, 0.3) is 10.2 Å². The van der Waals surface area contributed by atoms with Gasteiger partial charge in [-0.25, -0.2) is 10.4 Å². The molecule has 0 saturated carbocycles. The number of non-ortho nitro benzene ring substituents is 1. The number of nitro benzene ring substituents is 1. The van der Waals surface area contributed by atoms with E-state index in [1.807, 2.05) is 6.07 Å². The SMILES string of the molecule is O=C(N/N=C\c1ccc(Sc2nc3ccc([N+](=O)[O-])cc3s2)o1)c1ccccc1. The molecule has 10 heteroatoms. The highest BCUT2D eigenvalue weighted by molar-refractivity contribution is 8.01. The van der Waals surface area contributed by atoms with Gasteiger partial charge in [0, 0.05) is 17.7 Å². The van der Waals surface area contributed by atoms with Crippen LogP contribution in [0.15, 0.2) is 79.6 Å². The minimum atomic E-state index is -0.430. The van der Waals surface area contributed by atoms with Crippen molar-refractivity contribution in [1.29, 1.82) is 0 Å². The van der Waals surface area contributed by atoms with Crippen LogP contribution < -0.4 is 5.43 Å². The lowest BCUT2D eigenvalue weighted by atomic mass is 10.2. The molecule has 144 valence electrons. The van der Waals surface area contributed by atoms with Gasteiger partial charge in [-0.1, -0.05) is 18.2 Å². The lowest BCUT2D eigenvalue weighted by Gasteiger charge is -1.97. The minimum absolute atomic E-state index is 0.0340. The van der Waals surface area contributed by atoms with Crippen LogP contribution in [0.1, 0.15) is 16.1 Å². The van der Waals surface area contributed by atoms with Gasteiger partial charge in [-0.15, -0.1) is 11.3 Å². The Labute approximate surface area is 172 Å². The summed E-state index contributed by atoms with van der Waals surface area (Å²) in [6, 6.07) is 16.8. The van der Waals surface area contributed by atoms with Gasteiger partial charge in [-0.3, -0.25) is 14.9 Å². The van der Waals surface area contributed by atoms with E-state index in [2.05, 4.69) is 15.5 Å². The average Bonchev–Trinajstić information content (AvgIpc) is 3.34. The molecule has 0 atom stereocenters. The third kappa shape index (κ3) is 4.50. The second-order valence-electron chi connectivity index (χ2n) is 5.71. The third-order valence-electron chi connectivity index (χ3n) is 3.75.